The summed E-state index contributed by atoms with van der Waals surface area (Å²) in [5.41, 5.74) is 1.06. The van der Waals surface area contributed by atoms with E-state index >= 15 is 0 Å². The zero-order valence-electron chi connectivity index (χ0n) is 6.85. The van der Waals surface area contributed by atoms with E-state index in [0.717, 1.165) is 27.5 Å². The summed E-state index contributed by atoms with van der Waals surface area (Å²) in [4.78, 5) is 4.32. The Hall–Kier alpha value is 0.170. The standard InChI is InChI=1S/C8H10Br2N2/c1-5-7(9)12(8(10)11-5)4-6-2-3-6/h6H,2-4H2,1H3. The molecule has 0 aromatic carbocycles. The molecule has 1 aromatic heterocycles. The number of halogens is 2. The molecule has 66 valence electrons. The van der Waals surface area contributed by atoms with Gasteiger partial charge in [0.1, 0.15) is 4.60 Å². The van der Waals surface area contributed by atoms with Gasteiger partial charge >= 0.3 is 0 Å². The maximum Gasteiger partial charge on any atom is 0.178 e. The lowest BCUT2D eigenvalue weighted by Crippen LogP contribution is -2.00. The van der Waals surface area contributed by atoms with E-state index in [1.807, 2.05) is 6.92 Å². The molecule has 12 heavy (non-hydrogen) atoms. The van der Waals surface area contributed by atoms with Gasteiger partial charge in [0, 0.05) is 6.54 Å². The summed E-state index contributed by atoms with van der Waals surface area (Å²) in [6.07, 6.45) is 2.74. The highest BCUT2D eigenvalue weighted by atomic mass is 79.9. The molecule has 0 spiro atoms. The Morgan fingerprint density at radius 1 is 1.50 bits per heavy atom. The van der Waals surface area contributed by atoms with Crippen LogP contribution in [0.1, 0.15) is 18.5 Å². The van der Waals surface area contributed by atoms with Crippen molar-refractivity contribution in [1.29, 1.82) is 0 Å². The molecule has 2 rings (SSSR count). The fraction of sp³-hybridized carbons (Fsp3) is 0.625. The molecule has 0 unspecified atom stereocenters. The van der Waals surface area contributed by atoms with E-state index < -0.39 is 0 Å². The van der Waals surface area contributed by atoms with Gasteiger partial charge in [-0.05, 0) is 57.5 Å². The van der Waals surface area contributed by atoms with Crippen molar-refractivity contribution in [3.8, 4) is 0 Å². The second-order valence-corrected chi connectivity index (χ2v) is 4.77. The molecule has 0 bridgehead atoms. The lowest BCUT2D eigenvalue weighted by atomic mass is 10.4. The van der Waals surface area contributed by atoms with Gasteiger partial charge in [-0.15, -0.1) is 0 Å². The monoisotopic (exact) mass is 292 g/mol. The number of nitrogens with zero attached hydrogens (tertiary/aromatic N) is 2. The Bertz CT molecular complexity index is 302. The molecule has 2 nitrogen and oxygen atoms in total. The molecule has 0 atom stereocenters. The Morgan fingerprint density at radius 3 is 2.58 bits per heavy atom. The van der Waals surface area contributed by atoms with Gasteiger partial charge in [0.15, 0.2) is 4.73 Å². The van der Waals surface area contributed by atoms with Crippen molar-refractivity contribution in [2.45, 2.75) is 26.3 Å². The van der Waals surface area contributed by atoms with Crippen molar-refractivity contribution in [2.75, 3.05) is 0 Å². The van der Waals surface area contributed by atoms with Crippen LogP contribution in [-0.4, -0.2) is 9.55 Å². The first-order valence-electron chi connectivity index (χ1n) is 4.06. The molecule has 1 aliphatic rings. The van der Waals surface area contributed by atoms with E-state index in [9.17, 15) is 0 Å². The van der Waals surface area contributed by atoms with E-state index in [2.05, 4.69) is 41.4 Å². The summed E-state index contributed by atoms with van der Waals surface area (Å²) in [5.74, 6) is 0.881. The zero-order chi connectivity index (χ0) is 8.72. The van der Waals surface area contributed by atoms with Crippen LogP contribution in [0.4, 0.5) is 0 Å². The van der Waals surface area contributed by atoms with Gasteiger partial charge < -0.3 is 4.57 Å². The van der Waals surface area contributed by atoms with Crippen LogP contribution < -0.4 is 0 Å². The van der Waals surface area contributed by atoms with Gasteiger partial charge in [-0.2, -0.15) is 0 Å². The Kier molecular flexibility index (Phi) is 2.29. The van der Waals surface area contributed by atoms with Crippen molar-refractivity contribution < 1.29 is 0 Å². The minimum Gasteiger partial charge on any atom is -0.313 e. The molecule has 0 N–H and O–H groups in total. The highest BCUT2D eigenvalue weighted by Crippen LogP contribution is 2.33. The quantitative estimate of drug-likeness (QED) is 0.819. The Labute approximate surface area is 88.6 Å². The van der Waals surface area contributed by atoms with E-state index in [-0.39, 0.29) is 0 Å². The van der Waals surface area contributed by atoms with Crippen molar-refractivity contribution in [1.82, 2.24) is 9.55 Å². The zero-order valence-corrected chi connectivity index (χ0v) is 10.0. The molecule has 1 aromatic rings. The number of aromatic nitrogens is 2. The van der Waals surface area contributed by atoms with Gasteiger partial charge in [0.25, 0.3) is 0 Å². The van der Waals surface area contributed by atoms with E-state index in [1.165, 1.54) is 12.8 Å². The van der Waals surface area contributed by atoms with Crippen LogP contribution in [0.3, 0.4) is 0 Å². The number of hydrogen-bond acceptors (Lipinski definition) is 1. The number of rotatable bonds is 2. The Morgan fingerprint density at radius 2 is 2.17 bits per heavy atom. The summed E-state index contributed by atoms with van der Waals surface area (Å²) < 4.78 is 4.24. The summed E-state index contributed by atoms with van der Waals surface area (Å²) >= 11 is 6.97. The van der Waals surface area contributed by atoms with Crippen LogP contribution in [0.5, 0.6) is 0 Å². The molecule has 1 saturated carbocycles. The van der Waals surface area contributed by atoms with Crippen molar-refractivity contribution >= 4 is 31.9 Å². The van der Waals surface area contributed by atoms with Crippen LogP contribution in [0, 0.1) is 12.8 Å². The third-order valence-corrected chi connectivity index (χ3v) is 3.76. The number of aryl methyl sites for hydroxylation is 1. The normalized spacial score (nSPS) is 16.9. The third-order valence-electron chi connectivity index (χ3n) is 2.16. The molecule has 1 aliphatic carbocycles. The molecular weight excluding hydrogens is 284 g/mol. The van der Waals surface area contributed by atoms with Crippen molar-refractivity contribution in [2.24, 2.45) is 5.92 Å². The van der Waals surface area contributed by atoms with Gasteiger partial charge in [0.2, 0.25) is 0 Å². The van der Waals surface area contributed by atoms with Gasteiger partial charge in [0.05, 0.1) is 5.69 Å². The third kappa shape index (κ3) is 1.59. The van der Waals surface area contributed by atoms with Crippen LogP contribution in [0.2, 0.25) is 0 Å². The average Bonchev–Trinajstić information content (AvgIpc) is 2.77. The fourth-order valence-electron chi connectivity index (χ4n) is 1.24. The largest absolute Gasteiger partial charge is 0.313 e. The number of imidazole rings is 1. The van der Waals surface area contributed by atoms with Crippen LogP contribution in [0.25, 0.3) is 0 Å². The van der Waals surface area contributed by atoms with Gasteiger partial charge in [-0.3, -0.25) is 0 Å². The lowest BCUT2D eigenvalue weighted by molar-refractivity contribution is 0.605. The fourth-order valence-corrected chi connectivity index (χ4v) is 2.46. The predicted molar refractivity (Wildman–Crippen MR) is 55.1 cm³/mol. The topological polar surface area (TPSA) is 17.8 Å². The first kappa shape index (κ1) is 8.75. The molecule has 0 saturated heterocycles. The maximum atomic E-state index is 4.32. The molecule has 1 heterocycles. The maximum absolute atomic E-state index is 4.32. The van der Waals surface area contributed by atoms with Gasteiger partial charge in [-0.1, -0.05) is 0 Å². The Balaban J connectivity index is 2.26. The highest BCUT2D eigenvalue weighted by molar-refractivity contribution is 9.11. The molecule has 1 fully saturated rings. The van der Waals surface area contributed by atoms with Gasteiger partial charge in [-0.25, -0.2) is 4.98 Å². The van der Waals surface area contributed by atoms with Crippen molar-refractivity contribution in [3.63, 3.8) is 0 Å². The minimum absolute atomic E-state index is 0.881. The van der Waals surface area contributed by atoms with Crippen LogP contribution in [-0.2, 0) is 6.54 Å². The van der Waals surface area contributed by atoms with Crippen LogP contribution >= 0.6 is 31.9 Å². The SMILES string of the molecule is Cc1nc(Br)n(CC2CC2)c1Br. The highest BCUT2D eigenvalue weighted by Gasteiger charge is 2.24. The first-order valence-corrected chi connectivity index (χ1v) is 5.65. The molecular formula is C8H10Br2N2. The number of hydrogen-bond donors (Lipinski definition) is 0. The molecule has 0 radical (unpaired) electrons. The smallest absolute Gasteiger partial charge is 0.178 e. The first-order chi connectivity index (χ1) is 5.68. The predicted octanol–water partition coefficient (Wildman–Crippen LogP) is 3.13. The summed E-state index contributed by atoms with van der Waals surface area (Å²) in [6.45, 7) is 3.11. The summed E-state index contributed by atoms with van der Waals surface area (Å²) in [7, 11) is 0. The second-order valence-electron chi connectivity index (χ2n) is 3.31. The minimum atomic E-state index is 0.881. The summed E-state index contributed by atoms with van der Waals surface area (Å²) in [5, 5.41) is 0. The van der Waals surface area contributed by atoms with E-state index in [1.54, 1.807) is 0 Å². The van der Waals surface area contributed by atoms with Crippen LogP contribution in [0.15, 0.2) is 9.34 Å². The average molecular weight is 294 g/mol. The van der Waals surface area contributed by atoms with E-state index in [0.29, 0.717) is 0 Å². The van der Waals surface area contributed by atoms with Crippen molar-refractivity contribution in [3.05, 3.63) is 15.0 Å². The van der Waals surface area contributed by atoms with E-state index in [4.69, 9.17) is 0 Å². The second kappa shape index (κ2) is 3.14. The molecule has 4 heteroatoms. The summed E-state index contributed by atoms with van der Waals surface area (Å²) in [6, 6.07) is 0. The molecule has 0 amide bonds. The lowest BCUT2D eigenvalue weighted by Gasteiger charge is -2.03. The molecule has 0 aliphatic heterocycles.